The van der Waals surface area contributed by atoms with Crippen LogP contribution in [0.25, 0.3) is 0 Å². The van der Waals surface area contributed by atoms with Gasteiger partial charge >= 0.3 is 6.03 Å². The van der Waals surface area contributed by atoms with E-state index in [4.69, 9.17) is 16.9 Å². The molecule has 4 rings (SSSR count). The van der Waals surface area contributed by atoms with E-state index in [2.05, 4.69) is 20.9 Å². The lowest BCUT2D eigenvalue weighted by atomic mass is 9.91. The van der Waals surface area contributed by atoms with Crippen LogP contribution in [0.2, 0.25) is 0 Å². The first kappa shape index (κ1) is 31.6. The zero-order valence-electron chi connectivity index (χ0n) is 24.5. The van der Waals surface area contributed by atoms with Crippen molar-refractivity contribution in [2.75, 3.05) is 0 Å². The highest BCUT2D eigenvalue weighted by atomic mass is 16.2. The molecule has 0 saturated carbocycles. The number of nitrogens with zero attached hydrogens (tertiary/aromatic N) is 1. The van der Waals surface area contributed by atoms with Crippen LogP contribution in [-0.2, 0) is 37.4 Å². The molecule has 0 radical (unpaired) electrons. The second kappa shape index (κ2) is 16.4. The van der Waals surface area contributed by atoms with Crippen LogP contribution >= 0.6 is 0 Å². The van der Waals surface area contributed by atoms with Crippen molar-refractivity contribution in [3.63, 3.8) is 0 Å². The van der Waals surface area contributed by atoms with E-state index in [9.17, 15) is 9.59 Å². The molecule has 0 aliphatic heterocycles. The molecule has 0 aliphatic rings. The molecule has 1 unspecified atom stereocenters. The van der Waals surface area contributed by atoms with Crippen molar-refractivity contribution in [1.29, 1.82) is 5.41 Å². The molecule has 0 aromatic heterocycles. The van der Waals surface area contributed by atoms with E-state index in [0.29, 0.717) is 26.1 Å². The van der Waals surface area contributed by atoms with Gasteiger partial charge in [0.2, 0.25) is 5.91 Å². The number of nitrogens with one attached hydrogen (secondary N) is 4. The molecule has 10 N–H and O–H groups in total. The van der Waals surface area contributed by atoms with Crippen LogP contribution in [-0.4, -0.2) is 23.9 Å². The topological polar surface area (TPSA) is 175 Å². The first-order valence-electron chi connectivity index (χ1n) is 14.4. The first-order valence-corrected chi connectivity index (χ1v) is 14.4. The van der Waals surface area contributed by atoms with Gasteiger partial charge in [-0.15, -0.1) is 0 Å². The van der Waals surface area contributed by atoms with Crippen molar-refractivity contribution in [3.8, 4) is 0 Å². The Morgan fingerprint density at radius 1 is 0.773 bits per heavy atom. The third-order valence-electron chi connectivity index (χ3n) is 6.98. The monoisotopic (exact) mass is 591 g/mol. The van der Waals surface area contributed by atoms with Gasteiger partial charge < -0.3 is 16.8 Å². The third kappa shape index (κ3) is 10.2. The fraction of sp³-hybridized carbons (Fsp3) is 0.176. The van der Waals surface area contributed by atoms with Gasteiger partial charge in [0.1, 0.15) is 6.54 Å². The number of nitrogens with two attached hydrogens (primary N) is 3. The van der Waals surface area contributed by atoms with Crippen LogP contribution in [0.15, 0.2) is 114 Å². The lowest BCUT2D eigenvalue weighted by Crippen LogP contribution is -2.90. The summed E-state index contributed by atoms with van der Waals surface area (Å²) >= 11 is 0. The number of quaternary nitrogens is 1. The highest BCUT2D eigenvalue weighted by Gasteiger charge is 2.21. The summed E-state index contributed by atoms with van der Waals surface area (Å²) in [5.74, 6) is -0.482. The van der Waals surface area contributed by atoms with Gasteiger partial charge in [-0.3, -0.25) is 15.4 Å². The number of hydrogen-bond donors (Lipinski definition) is 7. The zero-order chi connectivity index (χ0) is 31.1. The fourth-order valence-electron chi connectivity index (χ4n) is 4.62. The predicted octanol–water partition coefficient (Wildman–Crippen LogP) is 2.60. The molecule has 0 saturated heterocycles. The van der Waals surface area contributed by atoms with E-state index >= 15 is 0 Å². The Kier molecular flexibility index (Phi) is 11.7. The summed E-state index contributed by atoms with van der Waals surface area (Å²) in [6.45, 7) is 1.56. The minimum atomic E-state index is -0.647. The summed E-state index contributed by atoms with van der Waals surface area (Å²) in [6.07, 6.45) is 0.603. The highest BCUT2D eigenvalue weighted by molar-refractivity contribution is 6.00. The summed E-state index contributed by atoms with van der Waals surface area (Å²) in [4.78, 5) is 29.8. The molecule has 4 aromatic carbocycles. The standard InChI is InChI=1S/C34H38N8O2/c35-20-25-14-16-26(17-15-25)21-39-32(36)41-34(44)42-33(37)40-23-28-11-7-10-27(18-28)22-38-31(43)30(29-12-5-2-6-13-29)19-24-8-3-1-4-9-24/h1-18,30H,19-23,35H2,(H,38,43)(H6,36,37,39,40,41,42,44)/p+1. The Labute approximate surface area is 257 Å². The second-order valence-electron chi connectivity index (χ2n) is 10.3. The number of benzene rings is 4. The quantitative estimate of drug-likeness (QED) is 0.105. The van der Waals surface area contributed by atoms with Crippen molar-refractivity contribution in [1.82, 2.24) is 16.0 Å². The van der Waals surface area contributed by atoms with Crippen molar-refractivity contribution in [2.24, 2.45) is 16.5 Å². The molecule has 0 spiro atoms. The number of urea groups is 1. The fourth-order valence-corrected chi connectivity index (χ4v) is 4.62. The van der Waals surface area contributed by atoms with E-state index in [1.54, 1.807) is 5.32 Å². The Balaban J connectivity index is 1.25. The van der Waals surface area contributed by atoms with Gasteiger partial charge in [0.15, 0.2) is 5.96 Å². The normalized spacial score (nSPS) is 11.8. The second-order valence-corrected chi connectivity index (χ2v) is 10.3. The molecule has 4 aromatic rings. The van der Waals surface area contributed by atoms with E-state index in [0.717, 1.165) is 33.4 Å². The molecular weight excluding hydrogens is 552 g/mol. The average molecular weight is 592 g/mol. The summed E-state index contributed by atoms with van der Waals surface area (Å²) in [5, 5.41) is 17.6. The molecule has 0 bridgehead atoms. The minimum absolute atomic E-state index is 0.0461. The number of aliphatic imine (C=N–C) groups is 1. The van der Waals surface area contributed by atoms with Crippen LogP contribution < -0.4 is 32.7 Å². The number of guanidine groups is 2. The van der Waals surface area contributed by atoms with Crippen molar-refractivity contribution >= 4 is 23.9 Å². The predicted molar refractivity (Wildman–Crippen MR) is 172 cm³/mol. The molecule has 0 aliphatic carbocycles. The van der Waals surface area contributed by atoms with E-state index in [1.807, 2.05) is 109 Å². The van der Waals surface area contributed by atoms with E-state index < -0.39 is 6.03 Å². The van der Waals surface area contributed by atoms with Crippen molar-refractivity contribution < 1.29 is 14.9 Å². The van der Waals surface area contributed by atoms with Crippen molar-refractivity contribution in [3.05, 3.63) is 143 Å². The zero-order valence-corrected chi connectivity index (χ0v) is 24.5. The van der Waals surface area contributed by atoms with Gasteiger partial charge in [0.25, 0.3) is 5.96 Å². The third-order valence-corrected chi connectivity index (χ3v) is 6.98. The molecular formula is C34H39N8O2+. The smallest absolute Gasteiger partial charge is 0.331 e. The maximum Gasteiger partial charge on any atom is 0.331 e. The minimum Gasteiger partial charge on any atom is -0.370 e. The van der Waals surface area contributed by atoms with Crippen molar-refractivity contribution in [2.45, 2.75) is 38.5 Å². The molecule has 1 atom stereocenters. The number of amides is 3. The summed E-state index contributed by atoms with van der Waals surface area (Å²) in [7, 11) is 0. The van der Waals surface area contributed by atoms with Crippen LogP contribution in [0.3, 0.4) is 0 Å². The molecule has 0 heterocycles. The van der Waals surface area contributed by atoms with Crippen LogP contribution in [0.4, 0.5) is 4.79 Å². The first-order chi connectivity index (χ1) is 21.4. The summed E-state index contributed by atoms with van der Waals surface area (Å²) in [6, 6.07) is 34.6. The van der Waals surface area contributed by atoms with Crippen LogP contribution in [0, 0.1) is 5.41 Å². The molecule has 226 valence electrons. The van der Waals surface area contributed by atoms with Gasteiger partial charge in [0.05, 0.1) is 12.5 Å². The highest BCUT2D eigenvalue weighted by Crippen LogP contribution is 2.21. The Bertz CT molecular complexity index is 1560. The van der Waals surface area contributed by atoms with Crippen LogP contribution in [0.1, 0.15) is 39.3 Å². The van der Waals surface area contributed by atoms with Gasteiger partial charge in [-0.2, -0.15) is 0 Å². The summed E-state index contributed by atoms with van der Waals surface area (Å²) in [5.41, 5.74) is 17.4. The molecule has 3 amide bonds. The maximum absolute atomic E-state index is 13.3. The Morgan fingerprint density at radius 2 is 1.41 bits per heavy atom. The van der Waals surface area contributed by atoms with Gasteiger partial charge in [-0.05, 0) is 34.2 Å². The molecule has 44 heavy (non-hydrogen) atoms. The van der Waals surface area contributed by atoms with Gasteiger partial charge in [-0.25, -0.2) is 20.5 Å². The Hall–Kier alpha value is -5.32. The van der Waals surface area contributed by atoms with Crippen LogP contribution in [0.5, 0.6) is 0 Å². The van der Waals surface area contributed by atoms with E-state index in [1.165, 1.54) is 0 Å². The molecule has 10 nitrogen and oxygen atoms in total. The van der Waals surface area contributed by atoms with Gasteiger partial charge in [0, 0.05) is 18.7 Å². The average Bonchev–Trinajstić information content (AvgIpc) is 3.05. The summed E-state index contributed by atoms with van der Waals surface area (Å²) < 4.78 is 0. The number of rotatable bonds is 11. The maximum atomic E-state index is 13.3. The lowest BCUT2D eigenvalue weighted by molar-refractivity contribution is -0.561. The lowest BCUT2D eigenvalue weighted by Gasteiger charge is -2.18. The SMILES string of the molecule is N=C(NC(=O)NC(N)=NCc1cccc(CNC(=O)C(Cc2ccccc2)c2ccccc2)c1)[NH2+]Cc1ccc(CN)cc1. The number of carbonyl (C=O) groups excluding carboxylic acids is 2. The van der Waals surface area contributed by atoms with E-state index in [-0.39, 0.29) is 30.3 Å². The number of carbonyl (C=O) groups is 2. The molecule has 0 fully saturated rings. The largest absolute Gasteiger partial charge is 0.370 e. The number of hydrogen-bond acceptors (Lipinski definition) is 5. The molecule has 10 heteroatoms. The van der Waals surface area contributed by atoms with Gasteiger partial charge in [-0.1, -0.05) is 109 Å². The Morgan fingerprint density at radius 3 is 2.11 bits per heavy atom.